The number of piperidine rings is 1. The van der Waals surface area contributed by atoms with Crippen LogP contribution in [-0.2, 0) is 0 Å². The summed E-state index contributed by atoms with van der Waals surface area (Å²) in [5, 5.41) is 9.91. The van der Waals surface area contributed by atoms with Crippen LogP contribution in [0.1, 0.15) is 36.0 Å². The molecular formula is C17H25N3O2. The lowest BCUT2D eigenvalue weighted by Crippen LogP contribution is -2.49. The third-order valence-electron chi connectivity index (χ3n) is 5.13. The van der Waals surface area contributed by atoms with Gasteiger partial charge in [-0.3, -0.25) is 9.78 Å². The second-order valence-corrected chi connectivity index (χ2v) is 6.67. The molecule has 1 aromatic rings. The molecule has 1 amide bonds. The number of aliphatic hydroxyl groups excluding tert-OH is 1. The minimum atomic E-state index is -0.0284. The molecule has 0 radical (unpaired) electrons. The van der Waals surface area contributed by atoms with Crippen LogP contribution in [0.4, 0.5) is 0 Å². The van der Waals surface area contributed by atoms with Gasteiger partial charge in [-0.05, 0) is 50.9 Å². The third kappa shape index (κ3) is 3.31. The molecule has 0 unspecified atom stereocenters. The van der Waals surface area contributed by atoms with Gasteiger partial charge in [-0.1, -0.05) is 0 Å². The van der Waals surface area contributed by atoms with Crippen LogP contribution in [0.25, 0.3) is 0 Å². The fraction of sp³-hybridized carbons (Fsp3) is 0.647. The van der Waals surface area contributed by atoms with Crippen LogP contribution in [0.2, 0.25) is 0 Å². The fourth-order valence-corrected chi connectivity index (χ4v) is 3.64. The predicted octanol–water partition coefficient (Wildman–Crippen LogP) is 1.39. The highest BCUT2D eigenvalue weighted by atomic mass is 16.3. The van der Waals surface area contributed by atoms with E-state index in [1.165, 1.54) is 12.8 Å². The van der Waals surface area contributed by atoms with Gasteiger partial charge in [0.1, 0.15) is 0 Å². The summed E-state index contributed by atoms with van der Waals surface area (Å²) in [5.74, 6) is 0.0788. The van der Waals surface area contributed by atoms with Crippen molar-refractivity contribution < 1.29 is 9.90 Å². The molecule has 0 aliphatic carbocycles. The number of likely N-dealkylation sites (tertiary alicyclic amines) is 2. The number of carbonyl (C=O) groups excluding carboxylic acids is 1. The first-order valence-corrected chi connectivity index (χ1v) is 8.25. The molecule has 3 rings (SSSR count). The molecule has 0 atom stereocenters. The molecular weight excluding hydrogens is 278 g/mol. The van der Waals surface area contributed by atoms with Gasteiger partial charge in [0.15, 0.2) is 0 Å². The number of nitrogens with zero attached hydrogens (tertiary/aromatic N) is 3. The second kappa shape index (κ2) is 6.75. The van der Waals surface area contributed by atoms with E-state index in [4.69, 9.17) is 0 Å². The maximum Gasteiger partial charge on any atom is 0.253 e. The molecule has 22 heavy (non-hydrogen) atoms. The van der Waals surface area contributed by atoms with Crippen molar-refractivity contribution in [3.63, 3.8) is 0 Å². The molecule has 5 heteroatoms. The van der Waals surface area contributed by atoms with E-state index in [-0.39, 0.29) is 17.9 Å². The lowest BCUT2D eigenvalue weighted by Gasteiger charge is -2.42. The van der Waals surface area contributed by atoms with Crippen molar-refractivity contribution >= 4 is 5.91 Å². The summed E-state index contributed by atoms with van der Waals surface area (Å²) >= 11 is 0. The van der Waals surface area contributed by atoms with Crippen molar-refractivity contribution in [2.24, 2.45) is 5.41 Å². The maximum absolute atomic E-state index is 12.5. The summed E-state index contributed by atoms with van der Waals surface area (Å²) in [6, 6.07) is 3.53. The number of aromatic nitrogens is 1. The molecule has 0 aromatic carbocycles. The highest BCUT2D eigenvalue weighted by Crippen LogP contribution is 2.33. The third-order valence-corrected chi connectivity index (χ3v) is 5.13. The summed E-state index contributed by atoms with van der Waals surface area (Å²) in [6.07, 6.45) is 7.63. The zero-order chi connectivity index (χ0) is 15.4. The lowest BCUT2D eigenvalue weighted by atomic mass is 9.78. The van der Waals surface area contributed by atoms with Crippen LogP contribution < -0.4 is 0 Å². The van der Waals surface area contributed by atoms with Gasteiger partial charge >= 0.3 is 0 Å². The summed E-state index contributed by atoms with van der Waals surface area (Å²) in [5.41, 5.74) is 0.672. The van der Waals surface area contributed by atoms with E-state index in [1.54, 1.807) is 24.5 Å². The molecule has 2 fully saturated rings. The Balaban J connectivity index is 1.59. The molecule has 5 nitrogen and oxygen atoms in total. The molecule has 1 N–H and O–H groups in total. The predicted molar refractivity (Wildman–Crippen MR) is 84.6 cm³/mol. The lowest BCUT2D eigenvalue weighted by molar-refractivity contribution is 0.0179. The van der Waals surface area contributed by atoms with Crippen molar-refractivity contribution in [3.8, 4) is 0 Å². The zero-order valence-electron chi connectivity index (χ0n) is 13.1. The van der Waals surface area contributed by atoms with E-state index in [2.05, 4.69) is 9.88 Å². The molecule has 2 aliphatic heterocycles. The summed E-state index contributed by atoms with van der Waals surface area (Å²) < 4.78 is 0. The minimum Gasteiger partial charge on any atom is -0.396 e. The smallest absolute Gasteiger partial charge is 0.253 e. The fourth-order valence-electron chi connectivity index (χ4n) is 3.64. The number of amides is 1. The van der Waals surface area contributed by atoms with Crippen molar-refractivity contribution in [2.75, 3.05) is 39.3 Å². The number of pyridine rings is 1. The van der Waals surface area contributed by atoms with Crippen LogP contribution in [0.15, 0.2) is 24.5 Å². The monoisotopic (exact) mass is 303 g/mol. The Labute approximate surface area is 131 Å². The van der Waals surface area contributed by atoms with Crippen LogP contribution in [-0.4, -0.2) is 65.1 Å². The first kappa shape index (κ1) is 15.4. The van der Waals surface area contributed by atoms with Crippen LogP contribution in [0.3, 0.4) is 0 Å². The largest absolute Gasteiger partial charge is 0.396 e. The SMILES string of the molecule is O=C(c1ccncc1)N1CCC(CO)(CN2CCCC2)CC1. The normalized spacial score (nSPS) is 22.0. The van der Waals surface area contributed by atoms with Gasteiger partial charge in [-0.15, -0.1) is 0 Å². The van der Waals surface area contributed by atoms with Crippen molar-refractivity contribution in [1.82, 2.24) is 14.8 Å². The van der Waals surface area contributed by atoms with Crippen molar-refractivity contribution in [1.29, 1.82) is 0 Å². The molecule has 0 bridgehead atoms. The average Bonchev–Trinajstić information content (AvgIpc) is 3.08. The quantitative estimate of drug-likeness (QED) is 0.913. The second-order valence-electron chi connectivity index (χ2n) is 6.67. The topological polar surface area (TPSA) is 56.7 Å². The van der Waals surface area contributed by atoms with Crippen LogP contribution >= 0.6 is 0 Å². The molecule has 2 saturated heterocycles. The van der Waals surface area contributed by atoms with E-state index in [9.17, 15) is 9.90 Å². The van der Waals surface area contributed by atoms with E-state index >= 15 is 0 Å². The number of carbonyl (C=O) groups is 1. The van der Waals surface area contributed by atoms with E-state index < -0.39 is 0 Å². The standard InChI is InChI=1S/C17H25N3O2/c21-14-17(13-19-9-1-2-10-19)5-11-20(12-6-17)16(22)15-3-7-18-8-4-15/h3-4,7-8,21H,1-2,5-6,9-14H2. The Hall–Kier alpha value is -1.46. The molecule has 2 aliphatic rings. The molecule has 0 spiro atoms. The van der Waals surface area contributed by atoms with Gasteiger partial charge in [0.25, 0.3) is 5.91 Å². The first-order valence-electron chi connectivity index (χ1n) is 8.25. The molecule has 120 valence electrons. The Morgan fingerprint density at radius 3 is 2.36 bits per heavy atom. The number of hydrogen-bond donors (Lipinski definition) is 1. The summed E-state index contributed by atoms with van der Waals surface area (Å²) in [4.78, 5) is 20.8. The summed E-state index contributed by atoms with van der Waals surface area (Å²) in [7, 11) is 0. The first-order chi connectivity index (χ1) is 10.7. The van der Waals surface area contributed by atoms with E-state index in [1.807, 2.05) is 4.90 Å². The van der Waals surface area contributed by atoms with Gasteiger partial charge in [-0.2, -0.15) is 0 Å². The van der Waals surface area contributed by atoms with Crippen LogP contribution in [0.5, 0.6) is 0 Å². The van der Waals surface area contributed by atoms with Crippen LogP contribution in [0, 0.1) is 5.41 Å². The molecule has 1 aromatic heterocycles. The van der Waals surface area contributed by atoms with Gasteiger partial charge in [-0.25, -0.2) is 0 Å². The molecule has 0 saturated carbocycles. The van der Waals surface area contributed by atoms with Gasteiger partial charge < -0.3 is 14.9 Å². The Morgan fingerprint density at radius 1 is 1.14 bits per heavy atom. The highest BCUT2D eigenvalue weighted by Gasteiger charge is 2.37. The average molecular weight is 303 g/mol. The zero-order valence-corrected chi connectivity index (χ0v) is 13.1. The van der Waals surface area contributed by atoms with Gasteiger partial charge in [0.2, 0.25) is 0 Å². The highest BCUT2D eigenvalue weighted by molar-refractivity contribution is 5.94. The maximum atomic E-state index is 12.5. The minimum absolute atomic E-state index is 0.0284. The molecule has 3 heterocycles. The Morgan fingerprint density at radius 2 is 1.77 bits per heavy atom. The van der Waals surface area contributed by atoms with E-state index in [0.717, 1.165) is 45.6 Å². The number of rotatable bonds is 4. The summed E-state index contributed by atoms with van der Waals surface area (Å²) in [6.45, 7) is 4.97. The van der Waals surface area contributed by atoms with Gasteiger partial charge in [0.05, 0.1) is 6.61 Å². The Kier molecular flexibility index (Phi) is 4.74. The number of hydrogen-bond acceptors (Lipinski definition) is 4. The number of aliphatic hydroxyl groups is 1. The Bertz CT molecular complexity index is 492. The van der Waals surface area contributed by atoms with Crippen molar-refractivity contribution in [2.45, 2.75) is 25.7 Å². The van der Waals surface area contributed by atoms with E-state index in [0.29, 0.717) is 5.56 Å². The van der Waals surface area contributed by atoms with Gasteiger partial charge in [0, 0.05) is 43.0 Å². The van der Waals surface area contributed by atoms with Crippen molar-refractivity contribution in [3.05, 3.63) is 30.1 Å².